The summed E-state index contributed by atoms with van der Waals surface area (Å²) in [6, 6.07) is 2.88. The lowest BCUT2D eigenvalue weighted by atomic mass is 10.3. The van der Waals surface area contributed by atoms with Gasteiger partial charge in [-0.1, -0.05) is 16.1 Å². The standard InChI is InChI=1S/C11H12ClN3S2/c12-11-10(13-14-17-11)6-15(9-1-2-9)5-8-3-4-16-7-8/h3-4,7,9H,1-2,5-6H2. The molecular weight excluding hydrogens is 274 g/mol. The summed E-state index contributed by atoms with van der Waals surface area (Å²) in [5, 5.41) is 8.42. The van der Waals surface area contributed by atoms with E-state index in [0.717, 1.165) is 23.1 Å². The number of hydrogen-bond donors (Lipinski definition) is 0. The zero-order valence-corrected chi connectivity index (χ0v) is 11.6. The molecule has 1 aliphatic rings. The number of rotatable bonds is 5. The molecule has 1 saturated carbocycles. The van der Waals surface area contributed by atoms with E-state index >= 15 is 0 Å². The average Bonchev–Trinajstić information content (AvgIpc) is 2.91. The van der Waals surface area contributed by atoms with Crippen molar-refractivity contribution < 1.29 is 0 Å². The molecule has 0 bridgehead atoms. The van der Waals surface area contributed by atoms with Gasteiger partial charge in [0.15, 0.2) is 0 Å². The maximum atomic E-state index is 6.06. The van der Waals surface area contributed by atoms with Gasteiger partial charge in [0.1, 0.15) is 10.0 Å². The van der Waals surface area contributed by atoms with E-state index in [4.69, 9.17) is 11.6 Å². The van der Waals surface area contributed by atoms with Crippen molar-refractivity contribution >= 4 is 34.5 Å². The maximum Gasteiger partial charge on any atom is 0.138 e. The summed E-state index contributed by atoms with van der Waals surface area (Å²) in [6.45, 7) is 1.80. The molecule has 0 saturated heterocycles. The molecule has 2 aromatic rings. The van der Waals surface area contributed by atoms with E-state index < -0.39 is 0 Å². The van der Waals surface area contributed by atoms with Gasteiger partial charge in [-0.15, -0.1) is 5.10 Å². The van der Waals surface area contributed by atoms with Gasteiger partial charge in [0, 0.05) is 30.7 Å². The third kappa shape index (κ3) is 2.85. The molecule has 2 heterocycles. The molecule has 2 aromatic heterocycles. The second-order valence-electron chi connectivity index (χ2n) is 4.26. The highest BCUT2D eigenvalue weighted by molar-refractivity contribution is 7.10. The van der Waals surface area contributed by atoms with Gasteiger partial charge in [0.2, 0.25) is 0 Å². The maximum absolute atomic E-state index is 6.06. The molecule has 0 spiro atoms. The summed E-state index contributed by atoms with van der Waals surface area (Å²) >= 11 is 9.07. The topological polar surface area (TPSA) is 29.0 Å². The number of halogens is 1. The Balaban J connectivity index is 1.70. The quantitative estimate of drug-likeness (QED) is 0.843. The van der Waals surface area contributed by atoms with Gasteiger partial charge < -0.3 is 0 Å². The summed E-state index contributed by atoms with van der Waals surface area (Å²) in [7, 11) is 0. The molecule has 3 rings (SSSR count). The van der Waals surface area contributed by atoms with Gasteiger partial charge >= 0.3 is 0 Å². The number of nitrogens with zero attached hydrogens (tertiary/aromatic N) is 3. The Morgan fingerprint density at radius 2 is 2.29 bits per heavy atom. The van der Waals surface area contributed by atoms with Crippen LogP contribution in [0.3, 0.4) is 0 Å². The van der Waals surface area contributed by atoms with Crippen molar-refractivity contribution in [2.75, 3.05) is 0 Å². The molecule has 0 radical (unpaired) electrons. The molecular formula is C11H12ClN3S2. The molecule has 0 amide bonds. The molecule has 6 heteroatoms. The van der Waals surface area contributed by atoms with Crippen molar-refractivity contribution in [1.82, 2.24) is 14.5 Å². The summed E-state index contributed by atoms with van der Waals surface area (Å²) in [4.78, 5) is 2.45. The number of thiophene rings is 1. The average molecular weight is 286 g/mol. The van der Waals surface area contributed by atoms with Gasteiger partial charge in [-0.2, -0.15) is 11.3 Å². The molecule has 0 N–H and O–H groups in total. The first kappa shape index (κ1) is 11.6. The third-order valence-electron chi connectivity index (χ3n) is 2.89. The Kier molecular flexibility index (Phi) is 3.42. The Bertz CT molecular complexity index is 479. The van der Waals surface area contributed by atoms with E-state index in [2.05, 4.69) is 31.3 Å². The normalized spacial score (nSPS) is 15.6. The predicted octanol–water partition coefficient (Wildman–Crippen LogP) is 3.42. The van der Waals surface area contributed by atoms with Gasteiger partial charge in [0.05, 0.1) is 0 Å². The minimum Gasteiger partial charge on any atom is -0.290 e. The van der Waals surface area contributed by atoms with E-state index in [1.54, 1.807) is 11.3 Å². The van der Waals surface area contributed by atoms with Gasteiger partial charge in [-0.25, -0.2) is 0 Å². The van der Waals surface area contributed by atoms with Crippen LogP contribution in [0.4, 0.5) is 0 Å². The molecule has 0 aromatic carbocycles. The molecule has 1 fully saturated rings. The molecule has 3 nitrogen and oxygen atoms in total. The highest BCUT2D eigenvalue weighted by Crippen LogP contribution is 2.31. The number of hydrogen-bond acceptors (Lipinski definition) is 5. The molecule has 1 aliphatic carbocycles. The largest absolute Gasteiger partial charge is 0.290 e. The fraction of sp³-hybridized carbons (Fsp3) is 0.455. The van der Waals surface area contributed by atoms with Crippen molar-refractivity contribution in [2.24, 2.45) is 0 Å². The third-order valence-corrected chi connectivity index (χ3v) is 4.61. The summed E-state index contributed by atoms with van der Waals surface area (Å²) in [6.07, 6.45) is 2.58. The minimum absolute atomic E-state index is 0.702. The van der Waals surface area contributed by atoms with Crippen molar-refractivity contribution in [3.8, 4) is 0 Å². The molecule has 17 heavy (non-hydrogen) atoms. The van der Waals surface area contributed by atoms with E-state index in [1.165, 1.54) is 29.9 Å². The predicted molar refractivity (Wildman–Crippen MR) is 71.5 cm³/mol. The van der Waals surface area contributed by atoms with Crippen LogP contribution in [0, 0.1) is 0 Å². The number of aromatic nitrogens is 2. The van der Waals surface area contributed by atoms with Gasteiger partial charge in [-0.3, -0.25) is 4.90 Å². The van der Waals surface area contributed by atoms with Crippen LogP contribution in [0.15, 0.2) is 16.8 Å². The van der Waals surface area contributed by atoms with Crippen LogP contribution in [0.2, 0.25) is 4.34 Å². The molecule has 0 aliphatic heterocycles. The zero-order chi connectivity index (χ0) is 11.7. The lowest BCUT2D eigenvalue weighted by molar-refractivity contribution is 0.243. The van der Waals surface area contributed by atoms with E-state index in [-0.39, 0.29) is 0 Å². The second kappa shape index (κ2) is 5.02. The molecule has 0 atom stereocenters. The fourth-order valence-electron chi connectivity index (χ4n) is 1.85. The zero-order valence-electron chi connectivity index (χ0n) is 9.17. The first-order valence-corrected chi connectivity index (χ1v) is 7.64. The Morgan fingerprint density at radius 1 is 1.41 bits per heavy atom. The van der Waals surface area contributed by atoms with Crippen molar-refractivity contribution in [2.45, 2.75) is 32.0 Å². The van der Waals surface area contributed by atoms with E-state index in [9.17, 15) is 0 Å². The second-order valence-corrected chi connectivity index (χ2v) is 6.40. The smallest absolute Gasteiger partial charge is 0.138 e. The SMILES string of the molecule is Clc1snnc1CN(Cc1ccsc1)C1CC1. The van der Waals surface area contributed by atoms with Gasteiger partial charge in [-0.05, 0) is 35.2 Å². The first-order valence-electron chi connectivity index (χ1n) is 5.55. The van der Waals surface area contributed by atoms with Crippen LogP contribution in [0.25, 0.3) is 0 Å². The molecule has 90 valence electrons. The van der Waals surface area contributed by atoms with Crippen LogP contribution < -0.4 is 0 Å². The van der Waals surface area contributed by atoms with Crippen LogP contribution >= 0.6 is 34.5 Å². The van der Waals surface area contributed by atoms with E-state index in [1.807, 2.05) is 0 Å². The fourth-order valence-corrected chi connectivity index (χ4v) is 3.13. The highest BCUT2D eigenvalue weighted by Gasteiger charge is 2.30. The lowest BCUT2D eigenvalue weighted by Crippen LogP contribution is -2.25. The first-order chi connectivity index (χ1) is 8.33. The van der Waals surface area contributed by atoms with E-state index in [0.29, 0.717) is 6.04 Å². The Morgan fingerprint density at radius 3 is 2.88 bits per heavy atom. The van der Waals surface area contributed by atoms with Crippen LogP contribution in [-0.2, 0) is 13.1 Å². The van der Waals surface area contributed by atoms with Crippen molar-refractivity contribution in [3.63, 3.8) is 0 Å². The van der Waals surface area contributed by atoms with Gasteiger partial charge in [0.25, 0.3) is 0 Å². The lowest BCUT2D eigenvalue weighted by Gasteiger charge is -2.20. The summed E-state index contributed by atoms with van der Waals surface area (Å²) in [5.74, 6) is 0. The Hall–Kier alpha value is -0.490. The Labute approximate surface area is 113 Å². The van der Waals surface area contributed by atoms with Crippen molar-refractivity contribution in [1.29, 1.82) is 0 Å². The van der Waals surface area contributed by atoms with Crippen LogP contribution in [-0.4, -0.2) is 20.5 Å². The minimum atomic E-state index is 0.702. The highest BCUT2D eigenvalue weighted by atomic mass is 35.5. The van der Waals surface area contributed by atoms with Crippen LogP contribution in [0.1, 0.15) is 24.1 Å². The molecule has 0 unspecified atom stereocenters. The van der Waals surface area contributed by atoms with Crippen molar-refractivity contribution in [3.05, 3.63) is 32.4 Å². The summed E-state index contributed by atoms with van der Waals surface area (Å²) < 4.78 is 4.61. The van der Waals surface area contributed by atoms with Crippen LogP contribution in [0.5, 0.6) is 0 Å². The summed E-state index contributed by atoms with van der Waals surface area (Å²) in [5.41, 5.74) is 2.29. The monoisotopic (exact) mass is 285 g/mol.